The zero-order valence-corrected chi connectivity index (χ0v) is 15.7. The molecule has 5 nitrogen and oxygen atoms in total. The zero-order chi connectivity index (χ0) is 20.0. The Balaban J connectivity index is 1.59. The summed E-state index contributed by atoms with van der Waals surface area (Å²) >= 11 is 0. The minimum atomic E-state index is -0.285. The van der Waals surface area contributed by atoms with E-state index in [-0.39, 0.29) is 18.5 Å². The molecule has 0 bridgehead atoms. The van der Waals surface area contributed by atoms with Crippen molar-refractivity contribution in [3.63, 3.8) is 0 Å². The number of rotatable bonds is 3. The second-order valence-corrected chi connectivity index (χ2v) is 6.99. The van der Waals surface area contributed by atoms with E-state index in [0.29, 0.717) is 28.3 Å². The third kappa shape index (κ3) is 2.97. The summed E-state index contributed by atoms with van der Waals surface area (Å²) in [5.41, 5.74) is 1.33. The van der Waals surface area contributed by atoms with Crippen LogP contribution in [0.2, 0.25) is 0 Å². The van der Waals surface area contributed by atoms with Gasteiger partial charge < -0.3 is 14.8 Å². The Kier molecular flexibility index (Phi) is 3.95. The van der Waals surface area contributed by atoms with E-state index in [0.717, 1.165) is 21.5 Å². The Morgan fingerprint density at radius 2 is 1.48 bits per heavy atom. The molecular weight excluding hydrogens is 366 g/mol. The molecule has 0 fully saturated rings. The number of carbonyl (C=O) groups is 2. The van der Waals surface area contributed by atoms with E-state index in [4.69, 9.17) is 9.47 Å². The van der Waals surface area contributed by atoms with Crippen LogP contribution in [-0.4, -0.2) is 18.5 Å². The van der Waals surface area contributed by atoms with Gasteiger partial charge in [-0.2, -0.15) is 0 Å². The average Bonchev–Trinajstić information content (AvgIpc) is 3.18. The van der Waals surface area contributed by atoms with Crippen molar-refractivity contribution < 1.29 is 19.1 Å². The summed E-state index contributed by atoms with van der Waals surface area (Å²) in [7, 11) is 0. The summed E-state index contributed by atoms with van der Waals surface area (Å²) in [6.07, 6.45) is 0. The lowest BCUT2D eigenvalue weighted by Gasteiger charge is -2.12. The van der Waals surface area contributed by atoms with Crippen LogP contribution in [0.5, 0.6) is 11.5 Å². The van der Waals surface area contributed by atoms with E-state index < -0.39 is 0 Å². The third-order valence-corrected chi connectivity index (χ3v) is 5.13. The van der Waals surface area contributed by atoms with Crippen LogP contribution in [0.3, 0.4) is 0 Å². The van der Waals surface area contributed by atoms with Gasteiger partial charge in [0.1, 0.15) is 0 Å². The first kappa shape index (κ1) is 17.3. The van der Waals surface area contributed by atoms with Crippen LogP contribution >= 0.6 is 0 Å². The lowest BCUT2D eigenvalue weighted by Crippen LogP contribution is -2.14. The summed E-state index contributed by atoms with van der Waals surface area (Å²) in [5, 5.41) is 6.90. The van der Waals surface area contributed by atoms with Crippen LogP contribution in [0.25, 0.3) is 21.5 Å². The van der Waals surface area contributed by atoms with Crippen LogP contribution in [0.15, 0.2) is 66.7 Å². The number of nitrogens with one attached hydrogen (secondary N) is 1. The molecule has 4 aromatic rings. The van der Waals surface area contributed by atoms with Crippen molar-refractivity contribution in [2.75, 3.05) is 12.1 Å². The minimum absolute atomic E-state index is 0.0977. The van der Waals surface area contributed by atoms with E-state index >= 15 is 0 Å². The highest BCUT2D eigenvalue weighted by molar-refractivity contribution is 6.16. The molecule has 0 saturated carbocycles. The van der Waals surface area contributed by atoms with Crippen molar-refractivity contribution in [3.8, 4) is 11.5 Å². The summed E-state index contributed by atoms with van der Waals surface area (Å²) < 4.78 is 10.7. The van der Waals surface area contributed by atoms with Crippen LogP contribution in [0, 0.1) is 0 Å². The smallest absolute Gasteiger partial charge is 0.256 e. The van der Waals surface area contributed by atoms with Gasteiger partial charge in [-0.05, 0) is 52.7 Å². The SMILES string of the molecule is CC(=O)c1cc2c(cc1NC(=O)c1cccc3cc4ccccc4cc13)OCO2. The Morgan fingerprint density at radius 3 is 2.24 bits per heavy atom. The number of Topliss-reactive ketones (excluding diaryl/α,β-unsaturated/α-hetero) is 1. The molecule has 0 saturated heterocycles. The van der Waals surface area contributed by atoms with Gasteiger partial charge in [0.25, 0.3) is 5.91 Å². The van der Waals surface area contributed by atoms with Gasteiger partial charge in [-0.25, -0.2) is 0 Å². The van der Waals surface area contributed by atoms with Crippen molar-refractivity contribution in [1.82, 2.24) is 0 Å². The molecule has 0 aliphatic carbocycles. The summed E-state index contributed by atoms with van der Waals surface area (Å²) in [4.78, 5) is 25.2. The predicted molar refractivity (Wildman–Crippen MR) is 112 cm³/mol. The van der Waals surface area contributed by atoms with E-state index in [9.17, 15) is 9.59 Å². The fourth-order valence-corrected chi connectivity index (χ4v) is 3.69. The highest BCUT2D eigenvalue weighted by Gasteiger charge is 2.21. The van der Waals surface area contributed by atoms with Crippen molar-refractivity contribution in [2.45, 2.75) is 6.92 Å². The fraction of sp³-hybridized carbons (Fsp3) is 0.0833. The molecule has 142 valence electrons. The molecule has 0 atom stereocenters. The largest absolute Gasteiger partial charge is 0.454 e. The Morgan fingerprint density at radius 1 is 0.793 bits per heavy atom. The van der Waals surface area contributed by atoms with Gasteiger partial charge in [0, 0.05) is 17.2 Å². The fourth-order valence-electron chi connectivity index (χ4n) is 3.69. The monoisotopic (exact) mass is 383 g/mol. The number of fused-ring (bicyclic) bond motifs is 3. The quantitative estimate of drug-likeness (QED) is 0.391. The summed E-state index contributed by atoms with van der Waals surface area (Å²) in [5.74, 6) is 0.564. The number of hydrogen-bond acceptors (Lipinski definition) is 4. The topological polar surface area (TPSA) is 64.6 Å². The first-order valence-electron chi connectivity index (χ1n) is 9.27. The van der Waals surface area contributed by atoms with Gasteiger partial charge in [0.05, 0.1) is 5.69 Å². The highest BCUT2D eigenvalue weighted by Crippen LogP contribution is 2.37. The average molecular weight is 383 g/mol. The molecule has 0 spiro atoms. The maximum Gasteiger partial charge on any atom is 0.256 e. The van der Waals surface area contributed by atoms with Crippen molar-refractivity contribution in [3.05, 3.63) is 77.9 Å². The zero-order valence-electron chi connectivity index (χ0n) is 15.7. The molecule has 5 rings (SSSR count). The van der Waals surface area contributed by atoms with Gasteiger partial charge in [0.15, 0.2) is 17.3 Å². The van der Waals surface area contributed by atoms with E-state index in [1.54, 1.807) is 18.2 Å². The second-order valence-electron chi connectivity index (χ2n) is 6.99. The van der Waals surface area contributed by atoms with Crippen LogP contribution in [0.1, 0.15) is 27.6 Å². The van der Waals surface area contributed by atoms with E-state index in [1.165, 1.54) is 6.92 Å². The number of anilines is 1. The Bertz CT molecular complexity index is 1310. The number of carbonyl (C=O) groups excluding carboxylic acids is 2. The Hall–Kier alpha value is -3.86. The Labute approximate surface area is 166 Å². The van der Waals surface area contributed by atoms with Crippen LogP contribution < -0.4 is 14.8 Å². The van der Waals surface area contributed by atoms with Crippen molar-refractivity contribution in [1.29, 1.82) is 0 Å². The molecule has 1 amide bonds. The van der Waals surface area contributed by atoms with E-state index in [2.05, 4.69) is 11.4 Å². The van der Waals surface area contributed by atoms with Gasteiger partial charge in [-0.15, -0.1) is 0 Å². The molecule has 0 aromatic heterocycles. The van der Waals surface area contributed by atoms with Gasteiger partial charge in [0.2, 0.25) is 6.79 Å². The van der Waals surface area contributed by atoms with Crippen molar-refractivity contribution >= 4 is 38.9 Å². The lowest BCUT2D eigenvalue weighted by atomic mass is 9.99. The molecule has 0 unspecified atom stereocenters. The molecule has 1 aliphatic rings. The first-order chi connectivity index (χ1) is 14.1. The maximum atomic E-state index is 13.1. The minimum Gasteiger partial charge on any atom is -0.454 e. The number of benzene rings is 4. The number of hydrogen-bond donors (Lipinski definition) is 1. The lowest BCUT2D eigenvalue weighted by molar-refractivity contribution is 0.101. The van der Waals surface area contributed by atoms with Crippen molar-refractivity contribution in [2.24, 2.45) is 0 Å². The predicted octanol–water partition coefficient (Wildman–Crippen LogP) is 5.18. The molecular formula is C24H17NO4. The van der Waals surface area contributed by atoms with Gasteiger partial charge in [-0.3, -0.25) is 9.59 Å². The third-order valence-electron chi connectivity index (χ3n) is 5.13. The second kappa shape index (κ2) is 6.63. The van der Waals surface area contributed by atoms with Gasteiger partial charge >= 0.3 is 0 Å². The van der Waals surface area contributed by atoms with Crippen LogP contribution in [-0.2, 0) is 0 Å². The first-order valence-corrected chi connectivity index (χ1v) is 9.27. The molecule has 1 heterocycles. The molecule has 1 aliphatic heterocycles. The molecule has 0 radical (unpaired) electrons. The molecule has 1 N–H and O–H groups in total. The van der Waals surface area contributed by atoms with Crippen LogP contribution in [0.4, 0.5) is 5.69 Å². The number of ether oxygens (including phenoxy) is 2. The van der Waals surface area contributed by atoms with Gasteiger partial charge in [-0.1, -0.05) is 36.4 Å². The molecule has 29 heavy (non-hydrogen) atoms. The normalized spacial score (nSPS) is 12.3. The number of amides is 1. The summed E-state index contributed by atoms with van der Waals surface area (Å²) in [6.45, 7) is 1.55. The standard InChI is InChI=1S/C24H17NO4/c1-14(26)19-11-22-23(29-13-28-22)12-21(19)25-24(27)18-8-4-7-17-9-15-5-2-3-6-16(15)10-20(17)18/h2-12H,13H2,1H3,(H,25,27). The van der Waals surface area contributed by atoms with E-state index in [1.807, 2.05) is 42.5 Å². The number of ketones is 1. The highest BCUT2D eigenvalue weighted by atomic mass is 16.7. The summed E-state index contributed by atoms with van der Waals surface area (Å²) in [6, 6.07) is 21.0. The molecule has 4 aromatic carbocycles. The molecule has 5 heteroatoms. The maximum absolute atomic E-state index is 13.1.